The summed E-state index contributed by atoms with van der Waals surface area (Å²) in [6.45, 7) is 8.36. The third-order valence-corrected chi connectivity index (χ3v) is 10.1. The van der Waals surface area contributed by atoms with Crippen LogP contribution in [0.4, 0.5) is 0 Å². The van der Waals surface area contributed by atoms with E-state index in [2.05, 4.69) is 0 Å². The molecule has 0 aromatic rings. The van der Waals surface area contributed by atoms with Crippen molar-refractivity contribution in [2.24, 2.45) is 35.0 Å². The van der Waals surface area contributed by atoms with Gasteiger partial charge in [0.15, 0.2) is 18.0 Å². The molecule has 8 atom stereocenters. The third-order valence-electron chi connectivity index (χ3n) is 9.35. The molecule has 8 unspecified atom stereocenters. The molecule has 0 aromatic heterocycles. The predicted octanol–water partition coefficient (Wildman–Crippen LogP) is 3.94. The first-order valence-electron chi connectivity index (χ1n) is 13.0. The van der Waals surface area contributed by atoms with Crippen molar-refractivity contribution < 1.29 is 33.8 Å². The topological polar surface area (TPSA) is 107 Å². The summed E-state index contributed by atoms with van der Waals surface area (Å²) in [7, 11) is 0. The number of carbonyl (C=O) groups excluding carboxylic acids is 4. The minimum absolute atomic E-state index is 0.0726. The van der Waals surface area contributed by atoms with Crippen LogP contribution in [0.5, 0.6) is 0 Å². The molecule has 198 valence electrons. The zero-order valence-electron chi connectivity index (χ0n) is 21.7. The summed E-state index contributed by atoms with van der Waals surface area (Å²) in [5, 5.41) is 11.6. The largest absolute Gasteiger partial charge is 0.457 e. The highest BCUT2D eigenvalue weighted by Crippen LogP contribution is 2.69. The molecule has 36 heavy (non-hydrogen) atoms. The Morgan fingerprint density at radius 1 is 1.25 bits per heavy atom. The van der Waals surface area contributed by atoms with Crippen molar-refractivity contribution in [3.05, 3.63) is 23.8 Å². The lowest BCUT2D eigenvalue weighted by Gasteiger charge is -2.60. The van der Waals surface area contributed by atoms with E-state index < -0.39 is 52.2 Å². The molecule has 8 heteroatoms. The van der Waals surface area contributed by atoms with Gasteiger partial charge >= 0.3 is 11.9 Å². The zero-order valence-corrected chi connectivity index (χ0v) is 22.5. The van der Waals surface area contributed by atoms with Gasteiger partial charge in [-0.05, 0) is 49.7 Å². The summed E-state index contributed by atoms with van der Waals surface area (Å²) < 4.78 is 11.4. The number of aliphatic hydroxyl groups excluding tert-OH is 1. The van der Waals surface area contributed by atoms with E-state index in [1.54, 1.807) is 26.8 Å². The molecule has 0 amide bonds. The highest BCUT2D eigenvalue weighted by Gasteiger charge is 2.74. The number of allylic oxidation sites excluding steroid dienone is 4. The quantitative estimate of drug-likeness (QED) is 0.417. The van der Waals surface area contributed by atoms with Gasteiger partial charge in [-0.15, -0.1) is 11.6 Å². The van der Waals surface area contributed by atoms with Crippen molar-refractivity contribution >= 4 is 35.1 Å². The number of aliphatic hydroxyl groups is 1. The Morgan fingerprint density at radius 3 is 2.58 bits per heavy atom. The van der Waals surface area contributed by atoms with E-state index in [-0.39, 0.29) is 42.3 Å². The van der Waals surface area contributed by atoms with Crippen LogP contribution in [0.2, 0.25) is 0 Å². The Bertz CT molecular complexity index is 1030. The number of fused-ring (bicyclic) bond motifs is 5. The molecule has 3 fully saturated rings. The number of Topliss-reactive ketones (excluding diaryl/α,β-unsaturated/α-hetero) is 1. The van der Waals surface area contributed by atoms with Crippen LogP contribution >= 0.6 is 11.6 Å². The fourth-order valence-electron chi connectivity index (χ4n) is 7.68. The molecule has 0 aromatic carbocycles. The average Bonchev–Trinajstić information content (AvgIpc) is 3.04. The molecule has 0 spiro atoms. The first kappa shape index (κ1) is 27.1. The van der Waals surface area contributed by atoms with Crippen LogP contribution in [0.15, 0.2) is 23.8 Å². The number of hydrogen-bond donors (Lipinski definition) is 1. The van der Waals surface area contributed by atoms with Crippen LogP contribution in [0.3, 0.4) is 0 Å². The zero-order chi connectivity index (χ0) is 26.6. The number of ketones is 2. The lowest BCUT2D eigenvalue weighted by Crippen LogP contribution is -2.67. The number of halogens is 1. The van der Waals surface area contributed by atoms with E-state index in [1.807, 2.05) is 19.9 Å². The van der Waals surface area contributed by atoms with E-state index in [4.69, 9.17) is 21.1 Å². The second-order valence-electron chi connectivity index (χ2n) is 11.6. The number of esters is 2. The van der Waals surface area contributed by atoms with Crippen LogP contribution in [-0.2, 0) is 28.7 Å². The molecule has 3 saturated carbocycles. The van der Waals surface area contributed by atoms with Gasteiger partial charge in [-0.3, -0.25) is 19.2 Å². The van der Waals surface area contributed by atoms with Crippen LogP contribution in [0.25, 0.3) is 0 Å². The predicted molar refractivity (Wildman–Crippen MR) is 133 cm³/mol. The van der Waals surface area contributed by atoms with Crippen LogP contribution in [0, 0.1) is 35.0 Å². The number of rotatable bonds is 6. The fraction of sp³-hybridized carbons (Fsp3) is 0.714. The van der Waals surface area contributed by atoms with Crippen molar-refractivity contribution in [1.82, 2.24) is 0 Å². The molecule has 4 aliphatic carbocycles. The summed E-state index contributed by atoms with van der Waals surface area (Å²) in [4.78, 5) is 49.7. The smallest absolute Gasteiger partial charge is 0.308 e. The molecule has 0 bridgehead atoms. The van der Waals surface area contributed by atoms with Gasteiger partial charge in [0.1, 0.15) is 0 Å². The lowest BCUT2D eigenvalue weighted by atomic mass is 9.49. The van der Waals surface area contributed by atoms with Crippen molar-refractivity contribution in [2.75, 3.05) is 6.61 Å². The minimum atomic E-state index is -1.55. The van der Waals surface area contributed by atoms with Gasteiger partial charge < -0.3 is 14.6 Å². The maximum Gasteiger partial charge on any atom is 0.308 e. The SMILES string of the molecule is CCC(=O)OC1(C(=O)COC(=O)C(C)C)C(C)CC2C3CCC4=CC(=O)C=CC4C3(Cl)C(O)CC21C. The first-order chi connectivity index (χ1) is 16.8. The number of hydrogen-bond acceptors (Lipinski definition) is 7. The molecule has 0 saturated heterocycles. The monoisotopic (exact) mass is 520 g/mol. The number of alkyl halides is 1. The van der Waals surface area contributed by atoms with Gasteiger partial charge in [0.25, 0.3) is 0 Å². The van der Waals surface area contributed by atoms with Crippen molar-refractivity contribution in [2.45, 2.75) is 83.3 Å². The molecule has 1 N–H and O–H groups in total. The van der Waals surface area contributed by atoms with Crippen molar-refractivity contribution in [3.63, 3.8) is 0 Å². The summed E-state index contributed by atoms with van der Waals surface area (Å²) in [5.41, 5.74) is -1.52. The minimum Gasteiger partial charge on any atom is -0.457 e. The van der Waals surface area contributed by atoms with E-state index in [9.17, 15) is 24.3 Å². The Kier molecular flexibility index (Phi) is 7.06. The summed E-state index contributed by atoms with van der Waals surface area (Å²) >= 11 is 7.35. The van der Waals surface area contributed by atoms with E-state index >= 15 is 0 Å². The maximum atomic E-state index is 13.9. The highest BCUT2D eigenvalue weighted by atomic mass is 35.5. The van der Waals surface area contributed by atoms with E-state index in [0.29, 0.717) is 19.3 Å². The second-order valence-corrected chi connectivity index (χ2v) is 12.2. The third kappa shape index (κ3) is 3.80. The van der Waals surface area contributed by atoms with Gasteiger partial charge in [0.2, 0.25) is 5.78 Å². The number of carbonyl (C=O) groups is 4. The Hall–Kier alpha value is -1.99. The lowest BCUT2D eigenvalue weighted by molar-refractivity contribution is -0.202. The Morgan fingerprint density at radius 2 is 1.94 bits per heavy atom. The molecule has 4 rings (SSSR count). The maximum absolute atomic E-state index is 13.9. The van der Waals surface area contributed by atoms with Gasteiger partial charge in [-0.1, -0.05) is 46.3 Å². The number of ether oxygens (including phenoxy) is 2. The average molecular weight is 521 g/mol. The molecule has 7 nitrogen and oxygen atoms in total. The molecular formula is C28H37ClO7. The second kappa shape index (κ2) is 9.39. The van der Waals surface area contributed by atoms with Crippen molar-refractivity contribution in [3.8, 4) is 0 Å². The molecule has 0 radical (unpaired) electrons. The normalized spacial score (nSPS) is 41.2. The summed E-state index contributed by atoms with van der Waals surface area (Å²) in [6, 6.07) is 0. The standard InChI is InChI=1S/C28H37ClO7/c1-6-24(33)36-28(23(32)14-35-25(34)15(2)3)16(4)11-21-20-9-7-17-12-18(30)8-10-19(17)27(20,29)22(31)13-26(21,28)5/h8,10,12,15-16,19-22,31H,6-7,9,11,13-14H2,1-5H3. The van der Waals surface area contributed by atoms with Gasteiger partial charge in [0, 0.05) is 23.7 Å². The fourth-order valence-corrected chi connectivity index (χ4v) is 8.23. The molecule has 4 aliphatic rings. The Labute approximate surface area is 217 Å². The van der Waals surface area contributed by atoms with Gasteiger partial charge in [0.05, 0.1) is 16.9 Å². The van der Waals surface area contributed by atoms with E-state index in [0.717, 1.165) is 5.57 Å². The van der Waals surface area contributed by atoms with Crippen LogP contribution < -0.4 is 0 Å². The Balaban J connectivity index is 1.75. The summed E-state index contributed by atoms with van der Waals surface area (Å²) in [5.74, 6) is -2.85. The molecule has 0 heterocycles. The van der Waals surface area contributed by atoms with Crippen molar-refractivity contribution in [1.29, 1.82) is 0 Å². The molecule has 0 aliphatic heterocycles. The van der Waals surface area contributed by atoms with Crippen LogP contribution in [-0.4, -0.2) is 51.8 Å². The van der Waals surface area contributed by atoms with E-state index in [1.165, 1.54) is 6.08 Å². The first-order valence-corrected chi connectivity index (χ1v) is 13.4. The van der Waals surface area contributed by atoms with Gasteiger partial charge in [-0.25, -0.2) is 0 Å². The van der Waals surface area contributed by atoms with Gasteiger partial charge in [-0.2, -0.15) is 0 Å². The molecular weight excluding hydrogens is 484 g/mol. The van der Waals surface area contributed by atoms with Crippen LogP contribution in [0.1, 0.15) is 66.7 Å². The summed E-state index contributed by atoms with van der Waals surface area (Å²) in [6.07, 6.45) is 6.10. The highest BCUT2D eigenvalue weighted by molar-refractivity contribution is 6.25.